The third-order valence-electron chi connectivity index (χ3n) is 13.7. The molecule has 3 heterocycles. The Morgan fingerprint density at radius 2 is 0.708 bits per heavy atom. The van der Waals surface area contributed by atoms with Crippen LogP contribution in [0.3, 0.4) is 0 Å². The lowest BCUT2D eigenvalue weighted by Gasteiger charge is -2.20. The fraction of sp³-hybridized carbons (Fsp3) is 0. The minimum atomic E-state index is 0.348. The van der Waals surface area contributed by atoms with Crippen molar-refractivity contribution in [3.8, 4) is 78.9 Å². The van der Waals surface area contributed by atoms with Crippen LogP contribution in [0, 0.1) is 13.1 Å². The average Bonchev–Trinajstić information content (AvgIpc) is 3.97. The van der Waals surface area contributed by atoms with Gasteiger partial charge in [-0.3, -0.25) is 0 Å². The van der Waals surface area contributed by atoms with Crippen molar-refractivity contribution >= 4 is 55.0 Å². The van der Waals surface area contributed by atoms with Crippen LogP contribution in [0.1, 0.15) is 0 Å². The molecule has 0 saturated heterocycles. The number of aromatic nitrogens is 5. The van der Waals surface area contributed by atoms with E-state index in [0.717, 1.165) is 99.5 Å². The molecule has 0 spiro atoms. The van der Waals surface area contributed by atoms with Crippen LogP contribution in [0.5, 0.6) is 0 Å². The van der Waals surface area contributed by atoms with Gasteiger partial charge in [0.05, 0.1) is 40.9 Å². The predicted octanol–water partition coefficient (Wildman–Crippen LogP) is 17.2. The quantitative estimate of drug-likeness (QED) is 0.143. The summed E-state index contributed by atoms with van der Waals surface area (Å²) in [4.78, 5) is 24.5. The fourth-order valence-electron chi connectivity index (χ4n) is 10.4. The SMILES string of the molecule is [C-]#[N+]c1ccccc1-c1cccc(-n2c3ccccc3c3cc(-c4ccccc4)ccc32)c1-c1nc(-c2ccccc2)nc(-c2c([N+]#[C-])cccc2-n2c3ccccc3c3cc(-c4ccccc4)ccc32)n1. The van der Waals surface area contributed by atoms with Crippen LogP contribution in [0.2, 0.25) is 0 Å². The molecule has 0 saturated carbocycles. The molecule has 0 unspecified atom stereocenters. The second-order valence-electron chi connectivity index (χ2n) is 17.7. The molecule has 0 aliphatic carbocycles. The molecule has 334 valence electrons. The molecular formula is C65H39N7. The molecule has 13 aromatic rings. The predicted molar refractivity (Wildman–Crippen MR) is 294 cm³/mol. The highest BCUT2D eigenvalue weighted by atomic mass is 15.1. The molecule has 0 radical (unpaired) electrons. The first-order valence-electron chi connectivity index (χ1n) is 23.8. The van der Waals surface area contributed by atoms with Crippen LogP contribution < -0.4 is 0 Å². The van der Waals surface area contributed by atoms with Crippen molar-refractivity contribution in [3.63, 3.8) is 0 Å². The van der Waals surface area contributed by atoms with E-state index < -0.39 is 0 Å². The standard InChI is InChI=1S/C65H39N7/c1-66-53-30-15-12-26-47(53)50-29-18-34-59(71-55-32-16-13-27-48(55)51-40-45(36-38-57(51)71)42-20-6-3-7-21-42)61(50)64-68-63(44-24-10-5-11-25-44)69-65(70-64)62-54(67-2)31-19-35-60(62)72-56-33-17-14-28-49(56)52-41-46(37-39-58(52)72)43-22-8-4-9-23-43/h3-41H. The number of para-hydroxylation sites is 3. The van der Waals surface area contributed by atoms with Crippen molar-refractivity contribution < 1.29 is 0 Å². The number of benzene rings is 10. The summed E-state index contributed by atoms with van der Waals surface area (Å²) >= 11 is 0. The average molecular weight is 918 g/mol. The van der Waals surface area contributed by atoms with Crippen molar-refractivity contribution in [1.82, 2.24) is 24.1 Å². The Kier molecular flexibility index (Phi) is 10.1. The molecule has 0 N–H and O–H groups in total. The summed E-state index contributed by atoms with van der Waals surface area (Å²) in [5.74, 6) is 1.20. The highest BCUT2D eigenvalue weighted by Gasteiger charge is 2.26. The minimum Gasteiger partial charge on any atom is -0.310 e. The van der Waals surface area contributed by atoms with Gasteiger partial charge in [-0.2, -0.15) is 0 Å². The second-order valence-corrected chi connectivity index (χ2v) is 17.7. The van der Waals surface area contributed by atoms with Crippen LogP contribution in [-0.2, 0) is 0 Å². The molecule has 0 amide bonds. The zero-order valence-corrected chi connectivity index (χ0v) is 38.6. The molecule has 0 fully saturated rings. The maximum absolute atomic E-state index is 8.70. The van der Waals surface area contributed by atoms with Gasteiger partial charge < -0.3 is 9.13 Å². The molecule has 10 aromatic carbocycles. The third-order valence-corrected chi connectivity index (χ3v) is 13.7. The van der Waals surface area contributed by atoms with Crippen molar-refractivity contribution in [1.29, 1.82) is 0 Å². The zero-order valence-electron chi connectivity index (χ0n) is 38.6. The molecular weight excluding hydrogens is 879 g/mol. The second kappa shape index (κ2) is 17.4. The highest BCUT2D eigenvalue weighted by Crippen LogP contribution is 2.46. The van der Waals surface area contributed by atoms with E-state index in [0.29, 0.717) is 34.4 Å². The first-order chi connectivity index (χ1) is 35.6. The molecule has 7 nitrogen and oxygen atoms in total. The summed E-state index contributed by atoms with van der Waals surface area (Å²) in [6.07, 6.45) is 0. The lowest BCUT2D eigenvalue weighted by atomic mass is 9.95. The number of hydrogen-bond donors (Lipinski definition) is 0. The van der Waals surface area contributed by atoms with Gasteiger partial charge in [0.2, 0.25) is 0 Å². The van der Waals surface area contributed by atoms with Gasteiger partial charge in [-0.1, -0.05) is 188 Å². The van der Waals surface area contributed by atoms with E-state index in [1.165, 1.54) is 0 Å². The summed E-state index contributed by atoms with van der Waals surface area (Å²) in [7, 11) is 0. The fourth-order valence-corrected chi connectivity index (χ4v) is 10.4. The Hall–Kier alpha value is -10.2. The molecule has 0 atom stereocenters. The van der Waals surface area contributed by atoms with Crippen LogP contribution in [0.25, 0.3) is 132 Å². The van der Waals surface area contributed by atoms with E-state index in [-0.39, 0.29) is 0 Å². The lowest BCUT2D eigenvalue weighted by molar-refractivity contribution is 1.06. The minimum absolute atomic E-state index is 0.348. The molecule has 3 aromatic heterocycles. The van der Waals surface area contributed by atoms with Gasteiger partial charge in [-0.25, -0.2) is 24.6 Å². The first-order valence-corrected chi connectivity index (χ1v) is 23.8. The third kappa shape index (κ3) is 6.92. The zero-order chi connectivity index (χ0) is 48.1. The Bertz CT molecular complexity index is 4350. The van der Waals surface area contributed by atoms with Gasteiger partial charge >= 0.3 is 0 Å². The molecule has 72 heavy (non-hydrogen) atoms. The summed E-state index contributed by atoms with van der Waals surface area (Å²) in [6.45, 7) is 17.1. The lowest BCUT2D eigenvalue weighted by Crippen LogP contribution is -2.06. The number of fused-ring (bicyclic) bond motifs is 6. The Morgan fingerprint density at radius 1 is 0.292 bits per heavy atom. The van der Waals surface area contributed by atoms with Crippen molar-refractivity contribution in [2.24, 2.45) is 0 Å². The van der Waals surface area contributed by atoms with E-state index in [1.54, 1.807) is 0 Å². The van der Waals surface area contributed by atoms with Gasteiger partial charge in [0.15, 0.2) is 28.8 Å². The first kappa shape index (κ1) is 41.9. The smallest absolute Gasteiger partial charge is 0.200 e. The van der Waals surface area contributed by atoms with Gasteiger partial charge in [0.25, 0.3) is 0 Å². The summed E-state index contributed by atoms with van der Waals surface area (Å²) in [6, 6.07) is 80.7. The Balaban J connectivity index is 1.12. The van der Waals surface area contributed by atoms with E-state index in [9.17, 15) is 0 Å². The molecule has 13 rings (SSSR count). The maximum atomic E-state index is 8.70. The van der Waals surface area contributed by atoms with Gasteiger partial charge in [0.1, 0.15) is 0 Å². The van der Waals surface area contributed by atoms with Crippen LogP contribution in [0.4, 0.5) is 11.4 Å². The maximum Gasteiger partial charge on any atom is 0.200 e. The van der Waals surface area contributed by atoms with Crippen molar-refractivity contribution in [2.45, 2.75) is 0 Å². The number of rotatable bonds is 8. The van der Waals surface area contributed by atoms with Crippen molar-refractivity contribution in [2.75, 3.05) is 0 Å². The largest absolute Gasteiger partial charge is 0.310 e. The molecule has 0 aliphatic heterocycles. The molecule has 0 bridgehead atoms. The summed E-state index contributed by atoms with van der Waals surface area (Å²) in [5.41, 5.74) is 14.6. The topological polar surface area (TPSA) is 57.2 Å². The number of hydrogen-bond acceptors (Lipinski definition) is 3. The normalized spacial score (nSPS) is 11.3. The Morgan fingerprint density at radius 3 is 1.28 bits per heavy atom. The van der Waals surface area contributed by atoms with Crippen LogP contribution in [0.15, 0.2) is 237 Å². The Labute approximate surface area is 415 Å². The summed E-state index contributed by atoms with van der Waals surface area (Å²) in [5, 5.41) is 4.38. The van der Waals surface area contributed by atoms with Gasteiger partial charge in [-0.05, 0) is 81.9 Å². The van der Waals surface area contributed by atoms with Crippen LogP contribution in [-0.4, -0.2) is 24.1 Å². The van der Waals surface area contributed by atoms with E-state index in [2.05, 4.69) is 170 Å². The monoisotopic (exact) mass is 917 g/mol. The van der Waals surface area contributed by atoms with E-state index in [1.807, 2.05) is 84.9 Å². The van der Waals surface area contributed by atoms with Crippen molar-refractivity contribution in [3.05, 3.63) is 259 Å². The highest BCUT2D eigenvalue weighted by molar-refractivity contribution is 6.13. The number of nitrogens with zero attached hydrogens (tertiary/aromatic N) is 7. The van der Waals surface area contributed by atoms with Gasteiger partial charge in [0, 0.05) is 43.9 Å². The van der Waals surface area contributed by atoms with E-state index >= 15 is 0 Å². The van der Waals surface area contributed by atoms with Gasteiger partial charge in [-0.15, -0.1) is 0 Å². The van der Waals surface area contributed by atoms with E-state index in [4.69, 9.17) is 28.1 Å². The summed E-state index contributed by atoms with van der Waals surface area (Å²) < 4.78 is 4.53. The molecule has 7 heteroatoms. The molecule has 0 aliphatic rings. The van der Waals surface area contributed by atoms with Crippen LogP contribution >= 0.6 is 0 Å².